The van der Waals surface area contributed by atoms with E-state index in [2.05, 4.69) is 10.0 Å². The molecule has 0 bridgehead atoms. The molecule has 2 rings (SSSR count). The Balaban J connectivity index is 2.07. The van der Waals surface area contributed by atoms with E-state index < -0.39 is 22.0 Å². The monoisotopic (exact) mass is 416 g/mol. The molecule has 0 heterocycles. The zero-order valence-corrected chi connectivity index (χ0v) is 16.5. The number of ether oxygens (including phenoxy) is 1. The van der Waals surface area contributed by atoms with Crippen molar-refractivity contribution in [2.24, 2.45) is 0 Å². The van der Waals surface area contributed by atoms with Crippen LogP contribution >= 0.6 is 23.2 Å². The molecule has 0 unspecified atom stereocenters. The summed E-state index contributed by atoms with van der Waals surface area (Å²) in [6.07, 6.45) is 0. The predicted octanol–water partition coefficient (Wildman–Crippen LogP) is 3.70. The van der Waals surface area contributed by atoms with Crippen molar-refractivity contribution in [1.29, 1.82) is 0 Å². The van der Waals surface area contributed by atoms with Gasteiger partial charge in [0.2, 0.25) is 15.9 Å². The van der Waals surface area contributed by atoms with Crippen LogP contribution in [-0.2, 0) is 14.8 Å². The standard InChI is InChI=1S/C17H18Cl2N2O4S/c1-3-25-14-7-5-13(6-8-14)20-17(22)11(2)21-26(23,24)16-10-12(18)4-9-15(16)19/h4-11,21H,3H2,1-2H3,(H,20,22)/t11-/m1/s1. The Morgan fingerprint density at radius 2 is 1.81 bits per heavy atom. The highest BCUT2D eigenvalue weighted by atomic mass is 35.5. The molecule has 0 aliphatic carbocycles. The topological polar surface area (TPSA) is 84.5 Å². The van der Waals surface area contributed by atoms with Gasteiger partial charge in [-0.05, 0) is 56.3 Å². The Hall–Kier alpha value is -1.80. The van der Waals surface area contributed by atoms with Gasteiger partial charge >= 0.3 is 0 Å². The van der Waals surface area contributed by atoms with Crippen molar-refractivity contribution in [2.45, 2.75) is 24.8 Å². The lowest BCUT2D eigenvalue weighted by Gasteiger charge is -2.15. The summed E-state index contributed by atoms with van der Waals surface area (Å²) in [5, 5.41) is 2.87. The van der Waals surface area contributed by atoms with E-state index in [1.165, 1.54) is 25.1 Å². The first-order valence-electron chi connectivity index (χ1n) is 7.74. The molecule has 0 saturated heterocycles. The number of hydrogen-bond acceptors (Lipinski definition) is 4. The van der Waals surface area contributed by atoms with Crippen molar-refractivity contribution in [1.82, 2.24) is 4.72 Å². The number of carbonyl (C=O) groups is 1. The molecule has 0 fully saturated rings. The van der Waals surface area contributed by atoms with Crippen LogP contribution < -0.4 is 14.8 Å². The minimum atomic E-state index is -4.01. The lowest BCUT2D eigenvalue weighted by molar-refractivity contribution is -0.117. The second-order valence-corrected chi connectivity index (χ2v) is 7.89. The molecule has 0 saturated carbocycles. The molecule has 2 aromatic rings. The number of halogens is 2. The summed E-state index contributed by atoms with van der Waals surface area (Å²) in [6.45, 7) is 3.84. The molecule has 140 valence electrons. The first-order valence-corrected chi connectivity index (χ1v) is 9.98. The van der Waals surface area contributed by atoms with Crippen LogP contribution in [0.25, 0.3) is 0 Å². The fraction of sp³-hybridized carbons (Fsp3) is 0.235. The first kappa shape index (κ1) is 20.5. The fourth-order valence-electron chi connectivity index (χ4n) is 2.08. The van der Waals surface area contributed by atoms with Gasteiger partial charge in [-0.15, -0.1) is 0 Å². The van der Waals surface area contributed by atoms with Gasteiger partial charge in [-0.2, -0.15) is 4.72 Å². The average Bonchev–Trinajstić information content (AvgIpc) is 2.58. The van der Waals surface area contributed by atoms with Gasteiger partial charge in [0.15, 0.2) is 0 Å². The largest absolute Gasteiger partial charge is 0.494 e. The highest BCUT2D eigenvalue weighted by Crippen LogP contribution is 2.25. The number of nitrogens with one attached hydrogen (secondary N) is 2. The Labute approximate surface area is 162 Å². The van der Waals surface area contributed by atoms with E-state index in [4.69, 9.17) is 27.9 Å². The van der Waals surface area contributed by atoms with Crippen molar-refractivity contribution >= 4 is 44.8 Å². The molecule has 0 spiro atoms. The minimum Gasteiger partial charge on any atom is -0.494 e. The Kier molecular flexibility index (Phi) is 6.88. The normalized spacial score (nSPS) is 12.5. The van der Waals surface area contributed by atoms with E-state index in [1.54, 1.807) is 24.3 Å². The van der Waals surface area contributed by atoms with E-state index in [-0.39, 0.29) is 14.9 Å². The first-order chi connectivity index (χ1) is 12.2. The summed E-state index contributed by atoms with van der Waals surface area (Å²) in [5.41, 5.74) is 0.519. The number of carbonyl (C=O) groups excluding carboxylic acids is 1. The van der Waals surface area contributed by atoms with Gasteiger partial charge in [0.1, 0.15) is 10.6 Å². The fourth-order valence-corrected chi connectivity index (χ4v) is 4.05. The summed E-state index contributed by atoms with van der Waals surface area (Å²) in [4.78, 5) is 12.1. The lowest BCUT2D eigenvalue weighted by atomic mass is 10.2. The number of anilines is 1. The molecule has 0 aromatic heterocycles. The molecule has 0 radical (unpaired) electrons. The molecule has 2 N–H and O–H groups in total. The minimum absolute atomic E-state index is 0.0148. The summed E-state index contributed by atoms with van der Waals surface area (Å²) in [7, 11) is -4.01. The maximum atomic E-state index is 12.4. The molecule has 2 aromatic carbocycles. The van der Waals surface area contributed by atoms with Gasteiger partial charge in [0, 0.05) is 10.7 Å². The summed E-state index contributed by atoms with van der Waals surface area (Å²) in [5.74, 6) is 0.158. The van der Waals surface area contributed by atoms with E-state index in [9.17, 15) is 13.2 Å². The van der Waals surface area contributed by atoms with Crippen LogP contribution in [0, 0.1) is 0 Å². The Morgan fingerprint density at radius 3 is 2.42 bits per heavy atom. The van der Waals surface area contributed by atoms with Crippen LogP contribution in [-0.4, -0.2) is 27.0 Å². The van der Waals surface area contributed by atoms with Crippen molar-refractivity contribution in [2.75, 3.05) is 11.9 Å². The smallest absolute Gasteiger partial charge is 0.242 e. The molecule has 26 heavy (non-hydrogen) atoms. The van der Waals surface area contributed by atoms with Crippen LogP contribution in [0.15, 0.2) is 47.4 Å². The maximum absolute atomic E-state index is 12.4. The number of amides is 1. The van der Waals surface area contributed by atoms with E-state index >= 15 is 0 Å². The molecule has 6 nitrogen and oxygen atoms in total. The molecule has 1 amide bonds. The van der Waals surface area contributed by atoms with E-state index in [0.29, 0.717) is 18.0 Å². The zero-order chi connectivity index (χ0) is 19.3. The highest BCUT2D eigenvalue weighted by Gasteiger charge is 2.24. The SMILES string of the molecule is CCOc1ccc(NC(=O)[C@@H](C)NS(=O)(=O)c2cc(Cl)ccc2Cl)cc1. The number of sulfonamides is 1. The maximum Gasteiger partial charge on any atom is 0.242 e. The highest BCUT2D eigenvalue weighted by molar-refractivity contribution is 7.89. The van der Waals surface area contributed by atoms with Gasteiger partial charge < -0.3 is 10.1 Å². The second-order valence-electron chi connectivity index (χ2n) is 5.36. The van der Waals surface area contributed by atoms with Crippen LogP contribution in [0.3, 0.4) is 0 Å². The van der Waals surface area contributed by atoms with Crippen LogP contribution in [0.2, 0.25) is 10.0 Å². The van der Waals surface area contributed by atoms with Gasteiger partial charge in [-0.3, -0.25) is 4.79 Å². The molecule has 9 heteroatoms. The summed E-state index contributed by atoms with van der Waals surface area (Å²) >= 11 is 11.7. The van der Waals surface area contributed by atoms with E-state index in [1.807, 2.05) is 6.92 Å². The predicted molar refractivity (Wildman–Crippen MR) is 102 cm³/mol. The number of benzene rings is 2. The summed E-state index contributed by atoms with van der Waals surface area (Å²) in [6, 6.07) is 9.80. The van der Waals surface area contributed by atoms with E-state index in [0.717, 1.165) is 0 Å². The molecular formula is C17H18Cl2N2O4S. The number of hydrogen-bond donors (Lipinski definition) is 2. The van der Waals surface area contributed by atoms with Crippen LogP contribution in [0.1, 0.15) is 13.8 Å². The van der Waals surface area contributed by atoms with Crippen molar-refractivity contribution < 1.29 is 17.9 Å². The van der Waals surface area contributed by atoms with Gasteiger partial charge in [-0.25, -0.2) is 8.42 Å². The van der Waals surface area contributed by atoms with Gasteiger partial charge in [0.05, 0.1) is 17.7 Å². The van der Waals surface area contributed by atoms with Crippen molar-refractivity contribution in [3.05, 3.63) is 52.5 Å². The van der Waals surface area contributed by atoms with Crippen LogP contribution in [0.5, 0.6) is 5.75 Å². The molecule has 0 aliphatic heterocycles. The molecule has 1 atom stereocenters. The van der Waals surface area contributed by atoms with Gasteiger partial charge in [-0.1, -0.05) is 23.2 Å². The third kappa shape index (κ3) is 5.35. The Bertz CT molecular complexity index is 886. The number of rotatable bonds is 7. The summed E-state index contributed by atoms with van der Waals surface area (Å²) < 4.78 is 32.5. The van der Waals surface area contributed by atoms with Crippen LogP contribution in [0.4, 0.5) is 5.69 Å². The quantitative estimate of drug-likeness (QED) is 0.720. The second kappa shape index (κ2) is 8.73. The molecule has 0 aliphatic rings. The average molecular weight is 417 g/mol. The Morgan fingerprint density at radius 1 is 1.15 bits per heavy atom. The molecular weight excluding hydrogens is 399 g/mol. The third-order valence-electron chi connectivity index (χ3n) is 3.34. The van der Waals surface area contributed by atoms with Crippen molar-refractivity contribution in [3.8, 4) is 5.75 Å². The zero-order valence-electron chi connectivity index (χ0n) is 14.1. The lowest BCUT2D eigenvalue weighted by Crippen LogP contribution is -2.41. The van der Waals surface area contributed by atoms with Gasteiger partial charge in [0.25, 0.3) is 0 Å². The van der Waals surface area contributed by atoms with Crippen molar-refractivity contribution in [3.63, 3.8) is 0 Å². The third-order valence-corrected chi connectivity index (χ3v) is 5.60.